The van der Waals surface area contributed by atoms with Gasteiger partial charge < -0.3 is 9.80 Å². The molecule has 0 spiro atoms. The first-order valence-electron chi connectivity index (χ1n) is 11.8. The van der Waals surface area contributed by atoms with E-state index in [0.29, 0.717) is 43.8 Å². The number of rotatable bonds is 5. The Morgan fingerprint density at radius 1 is 0.971 bits per heavy atom. The molecule has 35 heavy (non-hydrogen) atoms. The third kappa shape index (κ3) is 4.45. The maximum absolute atomic E-state index is 13.6. The Morgan fingerprint density at radius 3 is 2.40 bits per heavy atom. The fourth-order valence-electron chi connectivity index (χ4n) is 4.46. The van der Waals surface area contributed by atoms with Gasteiger partial charge in [0.25, 0.3) is 5.91 Å². The van der Waals surface area contributed by atoms with Gasteiger partial charge in [0, 0.05) is 38.2 Å². The summed E-state index contributed by atoms with van der Waals surface area (Å²) in [5.41, 5.74) is 2.54. The third-order valence-corrected chi connectivity index (χ3v) is 6.21. The van der Waals surface area contributed by atoms with Gasteiger partial charge in [0.1, 0.15) is 23.3 Å². The van der Waals surface area contributed by atoms with Crippen molar-refractivity contribution in [3.8, 4) is 5.69 Å². The summed E-state index contributed by atoms with van der Waals surface area (Å²) in [6.45, 7) is 6.15. The van der Waals surface area contributed by atoms with Crippen LogP contribution in [0, 0.1) is 18.6 Å². The summed E-state index contributed by atoms with van der Waals surface area (Å²) in [4.78, 5) is 26.4. The number of halogens is 2. The first-order valence-corrected chi connectivity index (χ1v) is 11.8. The van der Waals surface area contributed by atoms with Gasteiger partial charge in [-0.3, -0.25) is 4.79 Å². The molecule has 180 valence electrons. The molecule has 1 aliphatic rings. The van der Waals surface area contributed by atoms with E-state index in [4.69, 9.17) is 15.1 Å². The number of nitrogens with zero attached hydrogens (tertiary/aromatic N) is 6. The van der Waals surface area contributed by atoms with E-state index in [-0.39, 0.29) is 11.7 Å². The lowest BCUT2D eigenvalue weighted by Gasteiger charge is -2.35. The van der Waals surface area contributed by atoms with Crippen LogP contribution in [0.2, 0.25) is 0 Å². The fraction of sp³-hybridized carbons (Fsp3) is 0.308. The smallest absolute Gasteiger partial charge is 0.254 e. The number of fused-ring (bicyclic) bond motifs is 1. The number of benzene rings is 2. The van der Waals surface area contributed by atoms with E-state index in [1.807, 2.05) is 6.92 Å². The molecule has 2 aromatic carbocycles. The predicted octanol–water partition coefficient (Wildman–Crippen LogP) is 4.32. The molecule has 0 unspecified atom stereocenters. The van der Waals surface area contributed by atoms with Crippen LogP contribution in [0.4, 0.5) is 14.6 Å². The number of aromatic nitrogens is 4. The molecular weight excluding hydrogens is 450 g/mol. The van der Waals surface area contributed by atoms with Gasteiger partial charge in [-0.1, -0.05) is 13.0 Å². The second kappa shape index (κ2) is 9.40. The van der Waals surface area contributed by atoms with Crippen molar-refractivity contribution >= 4 is 22.8 Å². The molecule has 1 saturated heterocycles. The number of piperazine rings is 1. The Balaban J connectivity index is 1.47. The molecule has 4 aromatic rings. The van der Waals surface area contributed by atoms with Crippen LogP contribution >= 0.6 is 0 Å². The highest BCUT2D eigenvalue weighted by Gasteiger charge is 2.27. The second-order valence-electron chi connectivity index (χ2n) is 8.68. The van der Waals surface area contributed by atoms with Crippen LogP contribution < -0.4 is 4.90 Å². The van der Waals surface area contributed by atoms with Gasteiger partial charge >= 0.3 is 0 Å². The highest BCUT2D eigenvalue weighted by atomic mass is 19.1. The average Bonchev–Trinajstić information content (AvgIpc) is 3.20. The number of carbonyl (C=O) groups excluding carboxylic acids is 1. The molecule has 2 aromatic heterocycles. The van der Waals surface area contributed by atoms with Crippen molar-refractivity contribution in [3.05, 3.63) is 77.2 Å². The molecule has 1 fully saturated rings. The van der Waals surface area contributed by atoms with Crippen LogP contribution in [-0.2, 0) is 6.42 Å². The number of amides is 1. The molecule has 9 heteroatoms. The molecular formula is C26H26F2N6O. The van der Waals surface area contributed by atoms with Gasteiger partial charge in [-0.2, -0.15) is 5.10 Å². The van der Waals surface area contributed by atoms with Crippen molar-refractivity contribution in [1.29, 1.82) is 0 Å². The molecule has 1 aliphatic heterocycles. The van der Waals surface area contributed by atoms with E-state index in [1.165, 1.54) is 24.3 Å². The molecule has 0 atom stereocenters. The van der Waals surface area contributed by atoms with Gasteiger partial charge in [-0.25, -0.2) is 23.4 Å². The highest BCUT2D eigenvalue weighted by Crippen LogP contribution is 2.30. The Bertz CT molecular complexity index is 1380. The van der Waals surface area contributed by atoms with Crippen LogP contribution in [0.25, 0.3) is 16.7 Å². The van der Waals surface area contributed by atoms with Gasteiger partial charge in [0.05, 0.1) is 16.8 Å². The molecule has 3 heterocycles. The van der Waals surface area contributed by atoms with Gasteiger partial charge in [0.2, 0.25) is 0 Å². The zero-order valence-electron chi connectivity index (χ0n) is 19.7. The second-order valence-corrected chi connectivity index (χ2v) is 8.68. The Labute approximate surface area is 202 Å². The van der Waals surface area contributed by atoms with E-state index in [9.17, 15) is 13.6 Å². The van der Waals surface area contributed by atoms with Crippen molar-refractivity contribution in [1.82, 2.24) is 24.6 Å². The highest BCUT2D eigenvalue weighted by molar-refractivity contribution is 5.95. The molecule has 0 N–H and O–H groups in total. The van der Waals surface area contributed by atoms with Gasteiger partial charge in [-0.05, 0) is 55.8 Å². The molecule has 0 aliphatic carbocycles. The normalized spacial score (nSPS) is 14.1. The van der Waals surface area contributed by atoms with Crippen molar-refractivity contribution in [2.45, 2.75) is 26.7 Å². The summed E-state index contributed by atoms with van der Waals surface area (Å²) in [6, 6.07) is 12.0. The number of hydrogen-bond acceptors (Lipinski definition) is 5. The van der Waals surface area contributed by atoms with Crippen molar-refractivity contribution < 1.29 is 13.6 Å². The first-order chi connectivity index (χ1) is 16.9. The van der Waals surface area contributed by atoms with Gasteiger partial charge in [-0.15, -0.1) is 0 Å². The Kier molecular flexibility index (Phi) is 6.15. The topological polar surface area (TPSA) is 67.2 Å². The average molecular weight is 477 g/mol. The van der Waals surface area contributed by atoms with Crippen LogP contribution in [0.1, 0.15) is 35.2 Å². The summed E-state index contributed by atoms with van der Waals surface area (Å²) >= 11 is 0. The summed E-state index contributed by atoms with van der Waals surface area (Å²) in [5.74, 6) is 0.604. The van der Waals surface area contributed by atoms with Crippen LogP contribution in [-0.4, -0.2) is 56.7 Å². The van der Waals surface area contributed by atoms with E-state index >= 15 is 0 Å². The van der Waals surface area contributed by atoms with E-state index in [2.05, 4.69) is 11.8 Å². The van der Waals surface area contributed by atoms with Crippen LogP contribution in [0.3, 0.4) is 0 Å². The largest absolute Gasteiger partial charge is 0.352 e. The standard InChI is InChI=1S/C26H26F2N6O/c1-3-5-22-29-24(23-17(2)31-34(25(23)30-22)21-10-8-19(27)9-11-21)32-12-14-33(15-13-32)26(35)18-6-4-7-20(28)16-18/h4,6-11,16H,3,5,12-15H2,1-2H3. The third-order valence-electron chi connectivity index (χ3n) is 6.21. The molecule has 5 rings (SSSR count). The number of hydrogen-bond donors (Lipinski definition) is 0. The number of aryl methyl sites for hydroxylation is 2. The quantitative estimate of drug-likeness (QED) is 0.429. The molecule has 1 amide bonds. The lowest BCUT2D eigenvalue weighted by molar-refractivity contribution is 0.0746. The zero-order valence-corrected chi connectivity index (χ0v) is 19.7. The Morgan fingerprint density at radius 2 is 1.71 bits per heavy atom. The first kappa shape index (κ1) is 22.9. The molecule has 7 nitrogen and oxygen atoms in total. The minimum Gasteiger partial charge on any atom is -0.352 e. The van der Waals surface area contributed by atoms with Crippen LogP contribution in [0.5, 0.6) is 0 Å². The molecule has 0 saturated carbocycles. The monoisotopic (exact) mass is 476 g/mol. The van der Waals surface area contributed by atoms with E-state index in [0.717, 1.165) is 34.8 Å². The van der Waals surface area contributed by atoms with E-state index in [1.54, 1.807) is 33.8 Å². The summed E-state index contributed by atoms with van der Waals surface area (Å²) in [5, 5.41) is 5.55. The fourth-order valence-corrected chi connectivity index (χ4v) is 4.46. The minimum atomic E-state index is -0.421. The van der Waals surface area contributed by atoms with Crippen molar-refractivity contribution in [3.63, 3.8) is 0 Å². The lowest BCUT2D eigenvalue weighted by atomic mass is 10.1. The van der Waals surface area contributed by atoms with Gasteiger partial charge in [0.15, 0.2) is 5.65 Å². The van der Waals surface area contributed by atoms with Crippen LogP contribution in [0.15, 0.2) is 48.5 Å². The number of carbonyl (C=O) groups is 1. The zero-order chi connectivity index (χ0) is 24.5. The predicted molar refractivity (Wildman–Crippen MR) is 130 cm³/mol. The summed E-state index contributed by atoms with van der Waals surface area (Å²) in [7, 11) is 0. The summed E-state index contributed by atoms with van der Waals surface area (Å²) < 4.78 is 28.8. The maximum Gasteiger partial charge on any atom is 0.254 e. The van der Waals surface area contributed by atoms with Crippen molar-refractivity contribution in [2.24, 2.45) is 0 Å². The molecule has 0 radical (unpaired) electrons. The number of anilines is 1. The lowest BCUT2D eigenvalue weighted by Crippen LogP contribution is -2.49. The van der Waals surface area contributed by atoms with Crippen molar-refractivity contribution in [2.75, 3.05) is 31.1 Å². The van der Waals surface area contributed by atoms with E-state index < -0.39 is 5.82 Å². The maximum atomic E-state index is 13.6. The summed E-state index contributed by atoms with van der Waals surface area (Å²) in [6.07, 6.45) is 1.61. The minimum absolute atomic E-state index is 0.177. The Hall–Kier alpha value is -3.88. The molecule has 0 bridgehead atoms. The SMILES string of the molecule is CCCc1nc(N2CCN(C(=O)c3cccc(F)c3)CC2)c2c(C)nn(-c3ccc(F)cc3)c2n1.